The van der Waals surface area contributed by atoms with Crippen molar-refractivity contribution in [3.05, 3.63) is 40.4 Å². The molecule has 5 nitrogen and oxygen atoms in total. The number of anilines is 1. The van der Waals surface area contributed by atoms with Crippen LogP contribution in [-0.2, 0) is 6.42 Å². The molecule has 2 heterocycles. The zero-order chi connectivity index (χ0) is 15.5. The molecule has 114 valence electrons. The first-order valence-electron chi connectivity index (χ1n) is 6.91. The molecule has 3 rings (SSSR count). The Kier molecular flexibility index (Phi) is 4.44. The molecule has 0 atom stereocenters. The summed E-state index contributed by atoms with van der Waals surface area (Å²) in [5.74, 6) is -0.302. The summed E-state index contributed by atoms with van der Waals surface area (Å²) in [4.78, 5) is 30.2. The second-order valence-corrected chi connectivity index (χ2v) is 6.66. The van der Waals surface area contributed by atoms with E-state index < -0.39 is 0 Å². The van der Waals surface area contributed by atoms with Crippen molar-refractivity contribution in [3.63, 3.8) is 0 Å². The topological polar surface area (TPSA) is 71.1 Å². The summed E-state index contributed by atoms with van der Waals surface area (Å²) in [5.41, 5.74) is 1.39. The third kappa shape index (κ3) is 3.00. The van der Waals surface area contributed by atoms with Crippen LogP contribution in [0.1, 0.15) is 32.1 Å². The second kappa shape index (κ2) is 6.50. The molecule has 2 amide bonds. The summed E-state index contributed by atoms with van der Waals surface area (Å²) in [6.45, 7) is 0.671. The lowest BCUT2D eigenvalue weighted by Crippen LogP contribution is -2.21. The van der Waals surface area contributed by atoms with E-state index >= 15 is 0 Å². The van der Waals surface area contributed by atoms with E-state index in [9.17, 15) is 9.59 Å². The van der Waals surface area contributed by atoms with Gasteiger partial charge in [-0.2, -0.15) is 0 Å². The van der Waals surface area contributed by atoms with Gasteiger partial charge >= 0.3 is 0 Å². The molecule has 1 aromatic carbocycles. The average Bonchev–Trinajstić information content (AvgIpc) is 2.86. The van der Waals surface area contributed by atoms with Crippen molar-refractivity contribution in [1.82, 2.24) is 10.3 Å². The van der Waals surface area contributed by atoms with Gasteiger partial charge in [-0.1, -0.05) is 23.5 Å². The van der Waals surface area contributed by atoms with Crippen LogP contribution in [0.25, 0.3) is 0 Å². The van der Waals surface area contributed by atoms with Crippen molar-refractivity contribution in [1.29, 1.82) is 0 Å². The maximum absolute atomic E-state index is 12.4. The number of aromatic nitrogens is 1. The summed E-state index contributed by atoms with van der Waals surface area (Å²) in [6, 6.07) is 7.42. The van der Waals surface area contributed by atoms with E-state index in [0.29, 0.717) is 22.1 Å². The molecule has 2 aromatic rings. The molecule has 1 aliphatic rings. The molecule has 0 saturated carbocycles. The fraction of sp³-hybridized carbons (Fsp3) is 0.267. The summed E-state index contributed by atoms with van der Waals surface area (Å²) in [6.07, 6.45) is 3.55. The van der Waals surface area contributed by atoms with E-state index in [2.05, 4.69) is 15.6 Å². The van der Waals surface area contributed by atoms with Crippen molar-refractivity contribution in [2.75, 3.05) is 18.1 Å². The molecule has 0 saturated heterocycles. The number of thioether (sulfide) groups is 1. The third-order valence-electron chi connectivity index (χ3n) is 3.35. The van der Waals surface area contributed by atoms with Crippen LogP contribution in [0.5, 0.6) is 0 Å². The van der Waals surface area contributed by atoms with Crippen molar-refractivity contribution >= 4 is 40.0 Å². The van der Waals surface area contributed by atoms with Crippen LogP contribution in [-0.4, -0.2) is 29.6 Å². The standard InChI is InChI=1S/C15H15N3O2S2/c1-21-11-7-3-2-5-9(11)13(19)18-15-17-10-6-4-8-16-14(20)12(10)22-15/h2-3,5,7H,4,6,8H2,1H3,(H,16,20)(H,17,18,19). The summed E-state index contributed by atoms with van der Waals surface area (Å²) in [7, 11) is 0. The van der Waals surface area contributed by atoms with Crippen molar-refractivity contribution in [2.24, 2.45) is 0 Å². The number of nitrogens with zero attached hydrogens (tertiary/aromatic N) is 1. The van der Waals surface area contributed by atoms with Crippen LogP contribution in [0.2, 0.25) is 0 Å². The number of hydrogen-bond acceptors (Lipinski definition) is 5. The molecule has 1 aliphatic heterocycles. The van der Waals surface area contributed by atoms with E-state index in [4.69, 9.17) is 0 Å². The highest BCUT2D eigenvalue weighted by molar-refractivity contribution is 7.98. The molecule has 0 radical (unpaired) electrons. The maximum Gasteiger partial charge on any atom is 0.263 e. The Bertz CT molecular complexity index is 727. The Morgan fingerprint density at radius 1 is 1.41 bits per heavy atom. The van der Waals surface area contributed by atoms with Crippen molar-refractivity contribution in [2.45, 2.75) is 17.7 Å². The molecule has 0 spiro atoms. The highest BCUT2D eigenvalue weighted by atomic mass is 32.2. The number of thiazole rings is 1. The highest BCUT2D eigenvalue weighted by Crippen LogP contribution is 2.27. The number of nitrogens with one attached hydrogen (secondary N) is 2. The quantitative estimate of drug-likeness (QED) is 0.847. The maximum atomic E-state index is 12.4. The molecule has 0 unspecified atom stereocenters. The molecule has 0 fully saturated rings. The van der Waals surface area contributed by atoms with Crippen LogP contribution >= 0.6 is 23.1 Å². The number of rotatable bonds is 3. The van der Waals surface area contributed by atoms with Gasteiger partial charge in [0.05, 0.1) is 11.3 Å². The molecule has 7 heteroatoms. The van der Waals surface area contributed by atoms with Gasteiger partial charge in [-0.3, -0.25) is 14.9 Å². The number of aryl methyl sites for hydroxylation is 1. The zero-order valence-electron chi connectivity index (χ0n) is 12.0. The molecular formula is C15H15N3O2S2. The highest BCUT2D eigenvalue weighted by Gasteiger charge is 2.21. The van der Waals surface area contributed by atoms with E-state index in [1.54, 1.807) is 6.07 Å². The van der Waals surface area contributed by atoms with Gasteiger partial charge in [0.15, 0.2) is 5.13 Å². The van der Waals surface area contributed by atoms with Gasteiger partial charge < -0.3 is 5.32 Å². The lowest BCUT2D eigenvalue weighted by Gasteiger charge is -2.06. The molecule has 0 aliphatic carbocycles. The summed E-state index contributed by atoms with van der Waals surface area (Å²) >= 11 is 2.75. The minimum atomic E-state index is -0.200. The Morgan fingerprint density at radius 3 is 3.05 bits per heavy atom. The minimum Gasteiger partial charge on any atom is -0.351 e. The Morgan fingerprint density at radius 2 is 2.23 bits per heavy atom. The smallest absolute Gasteiger partial charge is 0.263 e. The van der Waals surface area contributed by atoms with Gasteiger partial charge in [0, 0.05) is 11.4 Å². The Hall–Kier alpha value is -1.86. The van der Waals surface area contributed by atoms with Crippen LogP contribution in [0.3, 0.4) is 0 Å². The predicted octanol–water partition coefficient (Wildman–Crippen LogP) is 2.79. The van der Waals surface area contributed by atoms with Crippen LogP contribution < -0.4 is 10.6 Å². The number of benzene rings is 1. The van der Waals surface area contributed by atoms with Gasteiger partial charge in [-0.05, 0) is 31.2 Å². The molecule has 0 bridgehead atoms. The van der Waals surface area contributed by atoms with Crippen LogP contribution in [0.4, 0.5) is 5.13 Å². The number of fused-ring (bicyclic) bond motifs is 1. The normalized spacial score (nSPS) is 14.0. The fourth-order valence-corrected chi connectivity index (χ4v) is 3.81. The van der Waals surface area contributed by atoms with Gasteiger partial charge in [-0.15, -0.1) is 11.8 Å². The number of amides is 2. The van der Waals surface area contributed by atoms with E-state index in [-0.39, 0.29) is 11.8 Å². The largest absolute Gasteiger partial charge is 0.351 e. The molecule has 1 aromatic heterocycles. The first kappa shape index (κ1) is 15.1. The first-order chi connectivity index (χ1) is 10.7. The van der Waals surface area contributed by atoms with Gasteiger partial charge in [0.25, 0.3) is 11.8 Å². The fourth-order valence-electron chi connectivity index (χ4n) is 2.29. The summed E-state index contributed by atoms with van der Waals surface area (Å²) < 4.78 is 0. The SMILES string of the molecule is CSc1ccccc1C(=O)Nc1nc2c(s1)C(=O)NCCC2. The van der Waals surface area contributed by atoms with E-state index in [1.165, 1.54) is 23.1 Å². The average molecular weight is 333 g/mol. The molecule has 2 N–H and O–H groups in total. The Balaban J connectivity index is 1.83. The first-order valence-corrected chi connectivity index (χ1v) is 8.95. The van der Waals surface area contributed by atoms with Crippen LogP contribution in [0.15, 0.2) is 29.2 Å². The minimum absolute atomic E-state index is 0.102. The van der Waals surface area contributed by atoms with Gasteiger partial charge in [0.1, 0.15) is 4.88 Å². The van der Waals surface area contributed by atoms with Crippen LogP contribution in [0, 0.1) is 0 Å². The Labute approximate surface area is 136 Å². The second-order valence-electron chi connectivity index (χ2n) is 4.81. The number of carbonyl (C=O) groups excluding carboxylic acids is 2. The van der Waals surface area contributed by atoms with Gasteiger partial charge in [0.2, 0.25) is 0 Å². The third-order valence-corrected chi connectivity index (χ3v) is 5.16. The molecule has 22 heavy (non-hydrogen) atoms. The predicted molar refractivity (Wildman–Crippen MR) is 88.9 cm³/mol. The number of hydrogen-bond donors (Lipinski definition) is 2. The lowest BCUT2D eigenvalue weighted by molar-refractivity contribution is 0.0958. The summed E-state index contributed by atoms with van der Waals surface area (Å²) in [5, 5.41) is 6.11. The van der Waals surface area contributed by atoms with Gasteiger partial charge in [-0.25, -0.2) is 4.98 Å². The zero-order valence-corrected chi connectivity index (χ0v) is 13.6. The monoisotopic (exact) mass is 333 g/mol. The van der Waals surface area contributed by atoms with Crippen molar-refractivity contribution < 1.29 is 9.59 Å². The molecular weight excluding hydrogens is 318 g/mol. The van der Waals surface area contributed by atoms with Crippen molar-refractivity contribution in [3.8, 4) is 0 Å². The van der Waals surface area contributed by atoms with E-state index in [1.807, 2.05) is 24.5 Å². The lowest BCUT2D eigenvalue weighted by atomic mass is 10.2. The number of carbonyl (C=O) groups is 2. The van der Waals surface area contributed by atoms with E-state index in [0.717, 1.165) is 23.4 Å².